The van der Waals surface area contributed by atoms with Crippen LogP contribution >= 0.6 is 0 Å². The van der Waals surface area contributed by atoms with Crippen LogP contribution in [0.5, 0.6) is 0 Å². The minimum Gasteiger partial charge on any atom is -0.309 e. The molecule has 4 heterocycles. The van der Waals surface area contributed by atoms with Crippen LogP contribution in [0.4, 0.5) is 0 Å². The van der Waals surface area contributed by atoms with E-state index in [1.54, 1.807) is 0 Å². The van der Waals surface area contributed by atoms with Crippen LogP contribution in [0, 0.1) is 0 Å². The Morgan fingerprint density at radius 2 is 0.382 bits per heavy atom. The maximum atomic E-state index is 2.49. The fourth-order valence-electron chi connectivity index (χ4n) is 17.6. The van der Waals surface area contributed by atoms with Crippen molar-refractivity contribution in [1.82, 2.24) is 18.3 Å². The molecular weight excluding hydrogens is 1330 g/mol. The van der Waals surface area contributed by atoms with Crippen LogP contribution in [0.15, 0.2) is 413 Å². The first-order valence-electron chi connectivity index (χ1n) is 37.9. The molecule has 0 unspecified atom stereocenters. The maximum Gasteiger partial charge on any atom is 0.0546 e. The van der Waals surface area contributed by atoms with Gasteiger partial charge in [0.05, 0.1) is 49.8 Å². The summed E-state index contributed by atoms with van der Waals surface area (Å²) in [4.78, 5) is 0. The third kappa shape index (κ3) is 10.4. The van der Waals surface area contributed by atoms with E-state index in [1.807, 2.05) is 0 Å². The third-order valence-electron chi connectivity index (χ3n) is 23.0. The molecule has 4 heteroatoms. The summed E-state index contributed by atoms with van der Waals surface area (Å²) < 4.78 is 9.75. The van der Waals surface area contributed by atoms with Gasteiger partial charge in [-0.1, -0.05) is 279 Å². The molecule has 4 nitrogen and oxygen atoms in total. The molecule has 0 N–H and O–H groups in total. The zero-order valence-electron chi connectivity index (χ0n) is 60.0. The smallest absolute Gasteiger partial charge is 0.0546 e. The number of benzene rings is 18. The maximum absolute atomic E-state index is 2.49. The summed E-state index contributed by atoms with van der Waals surface area (Å²) in [7, 11) is 0. The highest BCUT2D eigenvalue weighted by Crippen LogP contribution is 2.44. The molecule has 0 atom stereocenters. The third-order valence-corrected chi connectivity index (χ3v) is 23.0. The summed E-state index contributed by atoms with van der Waals surface area (Å²) in [6.45, 7) is 0. The molecule has 0 aliphatic heterocycles. The lowest BCUT2D eigenvalue weighted by Crippen LogP contribution is -1.96. The predicted octanol–water partition coefficient (Wildman–Crippen LogP) is 28.6. The van der Waals surface area contributed by atoms with Gasteiger partial charge in [-0.15, -0.1) is 0 Å². The Hall–Kier alpha value is -14.6. The van der Waals surface area contributed by atoms with E-state index in [2.05, 4.69) is 431 Å². The van der Waals surface area contributed by atoms with Crippen molar-refractivity contribution in [1.29, 1.82) is 0 Å². The molecule has 0 saturated heterocycles. The Balaban J connectivity index is 0.568. The second-order valence-corrected chi connectivity index (χ2v) is 29.2. The molecule has 110 heavy (non-hydrogen) atoms. The van der Waals surface area contributed by atoms with E-state index in [9.17, 15) is 0 Å². The minimum atomic E-state index is 1.12. The van der Waals surface area contributed by atoms with Crippen LogP contribution in [0.25, 0.3) is 210 Å². The Labute approximate surface area is 636 Å². The van der Waals surface area contributed by atoms with Crippen LogP contribution in [-0.4, -0.2) is 18.3 Å². The van der Waals surface area contributed by atoms with Crippen molar-refractivity contribution in [3.8, 4) is 112 Å². The number of nitrogens with zero attached hydrogens (tertiary/aromatic N) is 4. The quantitative estimate of drug-likeness (QED) is 0.116. The van der Waals surface area contributed by atoms with Gasteiger partial charge in [-0.3, -0.25) is 0 Å². The molecule has 22 aromatic rings. The van der Waals surface area contributed by atoms with Gasteiger partial charge in [-0.2, -0.15) is 0 Å². The second kappa shape index (κ2) is 25.6. The summed E-state index contributed by atoms with van der Waals surface area (Å²) in [6.07, 6.45) is 0. The monoisotopic (exact) mass is 1400 g/mol. The number of rotatable bonds is 12. The van der Waals surface area contributed by atoms with Gasteiger partial charge in [0.2, 0.25) is 0 Å². The normalized spacial score (nSPS) is 11.8. The minimum absolute atomic E-state index is 1.12. The first-order valence-corrected chi connectivity index (χ1v) is 37.9. The molecule has 4 aromatic heterocycles. The Kier molecular flexibility index (Phi) is 14.6. The molecule has 0 saturated carbocycles. The lowest BCUT2D eigenvalue weighted by Gasteiger charge is -2.15. The van der Waals surface area contributed by atoms with E-state index in [-0.39, 0.29) is 0 Å². The predicted molar refractivity (Wildman–Crippen MR) is 465 cm³/mol. The highest BCUT2D eigenvalue weighted by Gasteiger charge is 2.22. The highest BCUT2D eigenvalue weighted by molar-refractivity contribution is 6.16. The summed E-state index contributed by atoms with van der Waals surface area (Å²) in [5.41, 5.74) is 33.0. The molecule has 512 valence electrons. The zero-order valence-corrected chi connectivity index (χ0v) is 60.0. The second-order valence-electron chi connectivity index (χ2n) is 29.2. The van der Waals surface area contributed by atoms with Crippen LogP contribution in [0.1, 0.15) is 0 Å². The van der Waals surface area contributed by atoms with Crippen molar-refractivity contribution in [3.63, 3.8) is 0 Å². The van der Waals surface area contributed by atoms with Crippen molar-refractivity contribution in [2.75, 3.05) is 0 Å². The van der Waals surface area contributed by atoms with Crippen LogP contribution in [0.3, 0.4) is 0 Å². The largest absolute Gasteiger partial charge is 0.309 e. The van der Waals surface area contributed by atoms with E-state index in [4.69, 9.17) is 0 Å². The lowest BCUT2D eigenvalue weighted by atomic mass is 9.94. The average Bonchev–Trinajstić information content (AvgIpc) is 1.59. The fourth-order valence-corrected chi connectivity index (χ4v) is 17.6. The number of fused-ring (bicyclic) bond motifs is 13. The van der Waals surface area contributed by atoms with E-state index in [0.717, 1.165) is 56.1 Å². The molecule has 0 bridgehead atoms. The summed E-state index contributed by atoms with van der Waals surface area (Å²) >= 11 is 0. The van der Waals surface area contributed by atoms with Gasteiger partial charge < -0.3 is 18.3 Å². The topological polar surface area (TPSA) is 19.7 Å². The number of hydrogen-bond acceptors (Lipinski definition) is 0. The van der Waals surface area contributed by atoms with Gasteiger partial charge in [0.1, 0.15) is 0 Å². The average molecular weight is 1400 g/mol. The molecule has 0 aliphatic carbocycles. The zero-order chi connectivity index (χ0) is 72.3. The summed E-state index contributed by atoms with van der Waals surface area (Å²) in [5.74, 6) is 0. The Bertz CT molecular complexity index is 7410. The lowest BCUT2D eigenvalue weighted by molar-refractivity contribution is 1.18. The van der Waals surface area contributed by atoms with E-state index in [1.165, 1.54) is 154 Å². The first kappa shape index (κ1) is 62.8. The summed E-state index contributed by atoms with van der Waals surface area (Å²) in [6, 6.07) is 152. The Morgan fingerprint density at radius 3 is 0.791 bits per heavy atom. The van der Waals surface area contributed by atoms with Crippen LogP contribution in [-0.2, 0) is 0 Å². The molecule has 22 rings (SSSR count). The van der Waals surface area contributed by atoms with Crippen LogP contribution in [0.2, 0.25) is 0 Å². The summed E-state index contributed by atoms with van der Waals surface area (Å²) in [5, 5.41) is 12.2. The van der Waals surface area contributed by atoms with Crippen molar-refractivity contribution in [3.05, 3.63) is 413 Å². The number of aromatic nitrogens is 4. The molecule has 0 amide bonds. The number of para-hydroxylation sites is 4. The van der Waals surface area contributed by atoms with Crippen molar-refractivity contribution in [2.24, 2.45) is 0 Å². The van der Waals surface area contributed by atoms with Gasteiger partial charge in [0.15, 0.2) is 0 Å². The van der Waals surface area contributed by atoms with Gasteiger partial charge in [0, 0.05) is 65.5 Å². The van der Waals surface area contributed by atoms with Gasteiger partial charge >= 0.3 is 0 Å². The van der Waals surface area contributed by atoms with E-state index >= 15 is 0 Å². The Morgan fingerprint density at radius 1 is 0.118 bits per heavy atom. The van der Waals surface area contributed by atoms with Crippen molar-refractivity contribution in [2.45, 2.75) is 0 Å². The highest BCUT2D eigenvalue weighted by atomic mass is 15.0. The van der Waals surface area contributed by atoms with E-state index in [0.29, 0.717) is 0 Å². The van der Waals surface area contributed by atoms with Crippen molar-refractivity contribution < 1.29 is 0 Å². The van der Waals surface area contributed by atoms with E-state index < -0.39 is 0 Å². The molecule has 0 aliphatic rings. The van der Waals surface area contributed by atoms with Gasteiger partial charge in [-0.05, 0) is 228 Å². The van der Waals surface area contributed by atoms with Crippen LogP contribution < -0.4 is 0 Å². The SMILES string of the molecule is c1ccc(-c2ccc(-c3ccc(-n4c5ccccc5c5cc(-c6ccc7c(c6)c6ccccc6n7-c6cccc(-c7cccc(-c8cccc(-c9cc(-n%10c%11ccccc%11c%11cc(-c%12ccc%13c(c%12)c%12ccccc%12n%13-c%12ccc(-c%13ccccc%13)cc%12)ccc%11%10)c%10ccccc%10c9)c8)c7)c6)ccc54)cc3)cc2)cc1. The number of hydrogen-bond donors (Lipinski definition) is 0. The molecular formula is C106H68N4. The molecule has 0 radical (unpaired) electrons. The fraction of sp³-hybridized carbons (Fsp3) is 0. The van der Waals surface area contributed by atoms with Gasteiger partial charge in [0.25, 0.3) is 0 Å². The molecule has 18 aromatic carbocycles. The van der Waals surface area contributed by atoms with Crippen molar-refractivity contribution >= 4 is 98.0 Å². The molecule has 0 spiro atoms. The standard InChI is InChI=1S/C106H68N4/c1-3-20-69(21-4-1)71-40-42-72(43-41-71)74-46-54-87(55-47-74)108-99-37-14-10-32-90(99)94-64-80(48-56-103(94)108)82-50-58-104-96(66-82)92-34-11-15-38-100(92)109(104)88-30-19-29-79(63-88)77-27-17-25-75(60-77)76-26-18-28-78(61-76)85-62-84-24-7-8-31-89(84)106(68-85)110-101-39-16-12-35-93(101)97-67-83(51-59-105(97)110)81-49-57-102-95(65-81)91-33-9-13-36-98(91)107(102)86-52-44-73(45-53-86)70-22-5-2-6-23-70/h1-68H. The van der Waals surface area contributed by atoms with Gasteiger partial charge in [-0.25, -0.2) is 0 Å². The molecule has 0 fully saturated rings. The first-order chi connectivity index (χ1) is 54.5.